The van der Waals surface area contributed by atoms with Gasteiger partial charge in [0.1, 0.15) is 3.70 Å². The molecule has 0 radical (unpaired) electrons. The van der Waals surface area contributed by atoms with Gasteiger partial charge in [0.05, 0.1) is 17.1 Å². The van der Waals surface area contributed by atoms with Gasteiger partial charge >= 0.3 is 0 Å². The molecule has 2 aromatic heterocycles. The van der Waals surface area contributed by atoms with Crippen molar-refractivity contribution in [3.63, 3.8) is 0 Å². The second-order valence-electron chi connectivity index (χ2n) is 4.18. The van der Waals surface area contributed by atoms with E-state index in [1.54, 1.807) is 10.9 Å². The second kappa shape index (κ2) is 4.90. The first-order valence-corrected chi connectivity index (χ1v) is 7.13. The second-order valence-corrected chi connectivity index (χ2v) is 5.56. The van der Waals surface area contributed by atoms with Crippen LogP contribution in [0.2, 0.25) is 5.15 Å². The molecule has 1 fully saturated rings. The molecule has 1 aliphatic rings. The summed E-state index contributed by atoms with van der Waals surface area (Å²) in [7, 11) is 0. The fraction of sp³-hybridized carbons (Fsp3) is 0.455. The van der Waals surface area contributed by atoms with E-state index in [1.165, 1.54) is 0 Å². The van der Waals surface area contributed by atoms with Crippen LogP contribution in [-0.2, 0) is 4.74 Å². The summed E-state index contributed by atoms with van der Waals surface area (Å²) in [5, 5.41) is 4.66. The predicted molar refractivity (Wildman–Crippen MR) is 74.1 cm³/mol. The van der Waals surface area contributed by atoms with Gasteiger partial charge in [0, 0.05) is 6.61 Å². The highest BCUT2D eigenvalue weighted by Crippen LogP contribution is 2.31. The Balaban J connectivity index is 2.16. The summed E-state index contributed by atoms with van der Waals surface area (Å²) in [5.74, 6) is -0.513. The molecule has 3 heterocycles. The van der Waals surface area contributed by atoms with Gasteiger partial charge in [-0.25, -0.2) is 14.1 Å². The van der Waals surface area contributed by atoms with Crippen molar-refractivity contribution in [1.29, 1.82) is 0 Å². The SMILES string of the molecule is Fc1c(Cl)ncc2c1c(I)nn2C1CCCCO1. The summed E-state index contributed by atoms with van der Waals surface area (Å²) in [6.45, 7) is 0.714. The first-order valence-electron chi connectivity index (χ1n) is 5.68. The average molecular weight is 382 g/mol. The Hall–Kier alpha value is -0.470. The summed E-state index contributed by atoms with van der Waals surface area (Å²) >= 11 is 7.70. The first kappa shape index (κ1) is 12.6. The van der Waals surface area contributed by atoms with Crippen molar-refractivity contribution in [2.45, 2.75) is 25.5 Å². The lowest BCUT2D eigenvalue weighted by Crippen LogP contribution is -2.19. The zero-order chi connectivity index (χ0) is 12.7. The first-order chi connectivity index (χ1) is 8.68. The van der Waals surface area contributed by atoms with Crippen LogP contribution in [0.3, 0.4) is 0 Å². The minimum atomic E-state index is -0.513. The number of fused-ring (bicyclic) bond motifs is 1. The van der Waals surface area contributed by atoms with Crippen molar-refractivity contribution >= 4 is 45.1 Å². The molecule has 0 aromatic carbocycles. The molecule has 96 valence electrons. The van der Waals surface area contributed by atoms with Crippen molar-refractivity contribution in [1.82, 2.24) is 14.8 Å². The zero-order valence-corrected chi connectivity index (χ0v) is 12.3. The summed E-state index contributed by atoms with van der Waals surface area (Å²) in [6, 6.07) is 0. The molecule has 0 aliphatic carbocycles. The third-order valence-electron chi connectivity index (χ3n) is 3.03. The summed E-state index contributed by atoms with van der Waals surface area (Å²) in [5.41, 5.74) is 0.633. The smallest absolute Gasteiger partial charge is 0.172 e. The highest BCUT2D eigenvalue weighted by molar-refractivity contribution is 14.1. The number of halogens is 3. The molecule has 0 saturated carbocycles. The number of hydrogen-bond acceptors (Lipinski definition) is 3. The van der Waals surface area contributed by atoms with Crippen LogP contribution in [0.5, 0.6) is 0 Å². The third kappa shape index (κ3) is 2.00. The van der Waals surface area contributed by atoms with E-state index >= 15 is 0 Å². The standard InChI is InChI=1S/C11H10ClFIN3O/c12-10-9(13)8-6(5-15-10)17(16-11(8)14)7-3-1-2-4-18-7/h5,7H,1-4H2. The average Bonchev–Trinajstić information content (AvgIpc) is 2.73. The Kier molecular flexibility index (Phi) is 3.42. The third-order valence-corrected chi connectivity index (χ3v) is 4.05. The molecule has 7 heteroatoms. The Morgan fingerprint density at radius 1 is 1.50 bits per heavy atom. The monoisotopic (exact) mass is 381 g/mol. The molecule has 3 rings (SSSR count). The number of pyridine rings is 1. The molecule has 4 nitrogen and oxygen atoms in total. The van der Waals surface area contributed by atoms with E-state index in [0.717, 1.165) is 19.3 Å². The zero-order valence-electron chi connectivity index (χ0n) is 9.37. The van der Waals surface area contributed by atoms with Crippen molar-refractivity contribution in [3.8, 4) is 0 Å². The van der Waals surface area contributed by atoms with Crippen LogP contribution in [0.15, 0.2) is 6.20 Å². The van der Waals surface area contributed by atoms with E-state index < -0.39 is 5.82 Å². The maximum Gasteiger partial charge on any atom is 0.172 e. The molecule has 1 unspecified atom stereocenters. The molecule has 1 saturated heterocycles. The van der Waals surface area contributed by atoms with Crippen LogP contribution in [0, 0.1) is 9.52 Å². The van der Waals surface area contributed by atoms with E-state index in [4.69, 9.17) is 16.3 Å². The summed E-state index contributed by atoms with van der Waals surface area (Å²) < 4.78 is 21.9. The van der Waals surface area contributed by atoms with Crippen LogP contribution in [0.1, 0.15) is 25.5 Å². The van der Waals surface area contributed by atoms with Crippen molar-refractivity contribution in [2.75, 3.05) is 6.61 Å². The van der Waals surface area contributed by atoms with Gasteiger partial charge in [0.25, 0.3) is 0 Å². The molecular weight excluding hydrogens is 371 g/mol. The van der Waals surface area contributed by atoms with Gasteiger partial charge in [-0.2, -0.15) is 5.10 Å². The Bertz CT molecular complexity index is 597. The minimum absolute atomic E-state index is 0.121. The number of nitrogens with zero attached hydrogens (tertiary/aromatic N) is 3. The molecule has 2 aromatic rings. The number of rotatable bonds is 1. The highest BCUT2D eigenvalue weighted by atomic mass is 127. The largest absolute Gasteiger partial charge is 0.356 e. The molecule has 18 heavy (non-hydrogen) atoms. The Labute approximate surface area is 122 Å². The van der Waals surface area contributed by atoms with Gasteiger partial charge in [-0.1, -0.05) is 11.6 Å². The molecule has 1 atom stereocenters. The van der Waals surface area contributed by atoms with Crippen molar-refractivity contribution < 1.29 is 9.13 Å². The maximum atomic E-state index is 13.9. The van der Waals surface area contributed by atoms with Gasteiger partial charge in [-0.05, 0) is 41.9 Å². The van der Waals surface area contributed by atoms with Crippen molar-refractivity contribution in [2.24, 2.45) is 0 Å². The van der Waals surface area contributed by atoms with E-state index in [-0.39, 0.29) is 11.4 Å². The van der Waals surface area contributed by atoms with E-state index in [9.17, 15) is 4.39 Å². The highest BCUT2D eigenvalue weighted by Gasteiger charge is 2.23. The van der Waals surface area contributed by atoms with E-state index in [2.05, 4.69) is 10.1 Å². The summed E-state index contributed by atoms with van der Waals surface area (Å²) in [4.78, 5) is 3.85. The van der Waals surface area contributed by atoms with Crippen molar-refractivity contribution in [3.05, 3.63) is 20.9 Å². The van der Waals surface area contributed by atoms with E-state index in [1.807, 2.05) is 22.6 Å². The van der Waals surface area contributed by atoms with Crippen LogP contribution in [-0.4, -0.2) is 21.4 Å². The van der Waals surface area contributed by atoms with Gasteiger partial charge in [0.15, 0.2) is 17.2 Å². The maximum absolute atomic E-state index is 13.9. The van der Waals surface area contributed by atoms with Gasteiger partial charge in [0.2, 0.25) is 0 Å². The number of ether oxygens (including phenoxy) is 1. The quantitative estimate of drug-likeness (QED) is 0.560. The Morgan fingerprint density at radius 2 is 2.33 bits per heavy atom. The Morgan fingerprint density at radius 3 is 3.06 bits per heavy atom. The van der Waals surface area contributed by atoms with Gasteiger partial charge < -0.3 is 4.74 Å². The van der Waals surface area contributed by atoms with Gasteiger partial charge in [-0.15, -0.1) is 0 Å². The molecule has 0 amide bonds. The van der Waals surface area contributed by atoms with Crippen LogP contribution in [0.4, 0.5) is 4.39 Å². The molecular formula is C11H10ClFIN3O. The lowest BCUT2D eigenvalue weighted by molar-refractivity contribution is -0.0369. The molecule has 0 bridgehead atoms. The number of hydrogen-bond donors (Lipinski definition) is 0. The fourth-order valence-electron chi connectivity index (χ4n) is 2.16. The fourth-order valence-corrected chi connectivity index (χ4v) is 3.05. The van der Waals surface area contributed by atoms with E-state index in [0.29, 0.717) is 21.2 Å². The van der Waals surface area contributed by atoms with Gasteiger partial charge in [-0.3, -0.25) is 0 Å². The van der Waals surface area contributed by atoms with Crippen LogP contribution < -0.4 is 0 Å². The predicted octanol–water partition coefficient (Wildman–Crippen LogP) is 3.53. The topological polar surface area (TPSA) is 39.9 Å². The minimum Gasteiger partial charge on any atom is -0.356 e. The molecule has 0 spiro atoms. The molecule has 0 N–H and O–H groups in total. The lowest BCUT2D eigenvalue weighted by Gasteiger charge is -2.23. The summed E-state index contributed by atoms with van der Waals surface area (Å²) in [6.07, 6.45) is 4.45. The molecule has 1 aliphatic heterocycles. The number of aromatic nitrogens is 3. The van der Waals surface area contributed by atoms with Crippen LogP contribution in [0.25, 0.3) is 10.9 Å². The normalized spacial score (nSPS) is 20.5. The lowest BCUT2D eigenvalue weighted by atomic mass is 10.2. The van der Waals surface area contributed by atoms with Crippen LogP contribution >= 0.6 is 34.2 Å².